The molecule has 0 saturated carbocycles. The molecule has 0 aromatic heterocycles. The number of allylic oxidation sites excluding steroid dienone is 1. The van der Waals surface area contributed by atoms with Crippen LogP contribution < -0.4 is 5.73 Å². The van der Waals surface area contributed by atoms with Gasteiger partial charge in [0.1, 0.15) is 0 Å². The topological polar surface area (TPSA) is 26.0 Å². The number of rotatable bonds is 2. The molecule has 2 heteroatoms. The molecule has 0 aliphatic rings. The minimum Gasteiger partial charge on any atom is -0.404 e. The lowest BCUT2D eigenvalue weighted by molar-refractivity contribution is 1.63. The highest BCUT2D eigenvalue weighted by atomic mass is 32.2. The van der Waals surface area contributed by atoms with Gasteiger partial charge in [-0.1, -0.05) is 6.08 Å². The lowest BCUT2D eigenvalue weighted by atomic mass is 10.8. The molecular weight excluding hydrogens is 106 g/mol. The predicted octanol–water partition coefficient (Wildman–Crippen LogP) is 1.68. The lowest BCUT2D eigenvalue weighted by Gasteiger charge is -1.73. The Morgan fingerprint density at radius 1 is 1.43 bits per heavy atom. The second kappa shape index (κ2) is 5.63. The molecule has 40 valence electrons. The molecule has 0 atom stereocenters. The molecule has 1 nitrogen and oxygen atoms in total. The van der Waals surface area contributed by atoms with Crippen LogP contribution in [0.25, 0.3) is 0 Å². The SMILES string of the molecule is C/C=C/S/C=C\N. The van der Waals surface area contributed by atoms with Gasteiger partial charge in [-0.15, -0.1) is 11.8 Å². The van der Waals surface area contributed by atoms with E-state index in [2.05, 4.69) is 0 Å². The van der Waals surface area contributed by atoms with Gasteiger partial charge in [0.05, 0.1) is 0 Å². The highest BCUT2D eigenvalue weighted by Crippen LogP contribution is 2.00. The van der Waals surface area contributed by atoms with Gasteiger partial charge in [0.2, 0.25) is 0 Å². The number of nitrogens with two attached hydrogens (primary N) is 1. The predicted molar refractivity (Wildman–Crippen MR) is 35.7 cm³/mol. The van der Waals surface area contributed by atoms with Crippen molar-refractivity contribution >= 4 is 11.8 Å². The molecular formula is C5H9NS. The Balaban J connectivity index is 2.98. The molecule has 0 heterocycles. The molecule has 0 aromatic rings. The van der Waals surface area contributed by atoms with Crippen LogP contribution in [-0.2, 0) is 0 Å². The van der Waals surface area contributed by atoms with Gasteiger partial charge in [-0.3, -0.25) is 0 Å². The monoisotopic (exact) mass is 115 g/mol. The first kappa shape index (κ1) is 6.63. The molecule has 0 aromatic carbocycles. The Kier molecular flexibility index (Phi) is 5.33. The van der Waals surface area contributed by atoms with Gasteiger partial charge in [-0.05, 0) is 17.7 Å². The van der Waals surface area contributed by atoms with E-state index in [1.54, 1.807) is 11.8 Å². The summed E-state index contributed by atoms with van der Waals surface area (Å²) in [5, 5.41) is 3.78. The van der Waals surface area contributed by atoms with E-state index in [-0.39, 0.29) is 0 Å². The summed E-state index contributed by atoms with van der Waals surface area (Å²) >= 11 is 1.57. The summed E-state index contributed by atoms with van der Waals surface area (Å²) in [6.07, 6.45) is 3.48. The van der Waals surface area contributed by atoms with Crippen molar-refractivity contribution in [3.63, 3.8) is 0 Å². The summed E-state index contributed by atoms with van der Waals surface area (Å²) in [7, 11) is 0. The fourth-order valence-electron chi connectivity index (χ4n) is 0.169. The summed E-state index contributed by atoms with van der Waals surface area (Å²) in [5.74, 6) is 0. The minimum absolute atomic E-state index is 1.52. The quantitative estimate of drug-likeness (QED) is 0.592. The first-order valence-electron chi connectivity index (χ1n) is 2.05. The van der Waals surface area contributed by atoms with Crippen molar-refractivity contribution < 1.29 is 0 Å². The standard InChI is InChI=1S/C5H9NS/c1-2-4-7-5-3-6/h2-5H,6H2,1H3/b4-2+,5-3-. The van der Waals surface area contributed by atoms with Crippen LogP contribution in [0.3, 0.4) is 0 Å². The zero-order valence-electron chi connectivity index (χ0n) is 4.29. The molecule has 0 aliphatic carbocycles. The lowest BCUT2D eigenvalue weighted by Crippen LogP contribution is -1.70. The largest absolute Gasteiger partial charge is 0.404 e. The Morgan fingerprint density at radius 3 is 2.57 bits per heavy atom. The van der Waals surface area contributed by atoms with Crippen molar-refractivity contribution in [3.05, 3.63) is 23.1 Å². The molecule has 0 fully saturated rings. The first-order valence-corrected chi connectivity index (χ1v) is 2.99. The molecule has 0 spiro atoms. The van der Waals surface area contributed by atoms with Crippen LogP contribution in [0.2, 0.25) is 0 Å². The smallest absolute Gasteiger partial charge is 0.000523 e. The van der Waals surface area contributed by atoms with Crippen LogP contribution in [0.15, 0.2) is 23.1 Å². The Morgan fingerprint density at radius 2 is 2.14 bits per heavy atom. The van der Waals surface area contributed by atoms with Crippen LogP contribution in [0.1, 0.15) is 6.92 Å². The van der Waals surface area contributed by atoms with Crippen LogP contribution in [0.5, 0.6) is 0 Å². The second-order valence-corrected chi connectivity index (χ2v) is 1.75. The van der Waals surface area contributed by atoms with Crippen LogP contribution in [0.4, 0.5) is 0 Å². The van der Waals surface area contributed by atoms with E-state index < -0.39 is 0 Å². The van der Waals surface area contributed by atoms with E-state index in [0.717, 1.165) is 0 Å². The highest BCUT2D eigenvalue weighted by Gasteiger charge is 1.61. The summed E-state index contributed by atoms with van der Waals surface area (Å²) in [6.45, 7) is 1.97. The second-order valence-electron chi connectivity index (χ2n) is 0.934. The Bertz CT molecular complexity index is 66.1. The van der Waals surface area contributed by atoms with Crippen molar-refractivity contribution in [2.45, 2.75) is 6.92 Å². The molecule has 0 aliphatic heterocycles. The van der Waals surface area contributed by atoms with Crippen molar-refractivity contribution in [1.29, 1.82) is 0 Å². The fraction of sp³-hybridized carbons (Fsp3) is 0.200. The summed E-state index contributed by atoms with van der Waals surface area (Å²) in [5.41, 5.74) is 5.03. The van der Waals surface area contributed by atoms with E-state index in [4.69, 9.17) is 5.73 Å². The van der Waals surface area contributed by atoms with E-state index in [1.165, 1.54) is 6.20 Å². The van der Waals surface area contributed by atoms with Crippen LogP contribution >= 0.6 is 11.8 Å². The third-order valence-electron chi connectivity index (χ3n) is 0.372. The first-order chi connectivity index (χ1) is 3.41. The summed E-state index contributed by atoms with van der Waals surface area (Å²) < 4.78 is 0. The van der Waals surface area contributed by atoms with Crippen molar-refractivity contribution in [2.75, 3.05) is 0 Å². The van der Waals surface area contributed by atoms with Gasteiger partial charge in [0.25, 0.3) is 0 Å². The number of hydrogen-bond acceptors (Lipinski definition) is 2. The highest BCUT2D eigenvalue weighted by molar-refractivity contribution is 8.04. The van der Waals surface area contributed by atoms with E-state index in [9.17, 15) is 0 Å². The third-order valence-corrected chi connectivity index (χ3v) is 1.12. The maximum atomic E-state index is 5.03. The van der Waals surface area contributed by atoms with E-state index >= 15 is 0 Å². The van der Waals surface area contributed by atoms with Gasteiger partial charge in [0, 0.05) is 6.20 Å². The van der Waals surface area contributed by atoms with E-state index in [0.29, 0.717) is 0 Å². The Hall–Kier alpha value is -0.370. The fourth-order valence-corrected chi connectivity index (χ4v) is 0.508. The maximum Gasteiger partial charge on any atom is 0.000523 e. The van der Waals surface area contributed by atoms with Crippen LogP contribution in [0, 0.1) is 0 Å². The number of hydrogen-bond donors (Lipinski definition) is 1. The molecule has 0 saturated heterocycles. The van der Waals surface area contributed by atoms with Gasteiger partial charge < -0.3 is 5.73 Å². The zero-order chi connectivity index (χ0) is 5.54. The number of thioether (sulfide) groups is 1. The maximum absolute atomic E-state index is 5.03. The van der Waals surface area contributed by atoms with E-state index in [1.807, 2.05) is 23.8 Å². The van der Waals surface area contributed by atoms with Gasteiger partial charge in [0.15, 0.2) is 0 Å². The van der Waals surface area contributed by atoms with Crippen molar-refractivity contribution in [1.82, 2.24) is 0 Å². The molecule has 0 unspecified atom stereocenters. The molecule has 2 N–H and O–H groups in total. The normalized spacial score (nSPS) is 11.6. The van der Waals surface area contributed by atoms with Gasteiger partial charge >= 0.3 is 0 Å². The molecule has 0 amide bonds. The third kappa shape index (κ3) is 5.63. The average molecular weight is 115 g/mol. The minimum atomic E-state index is 1.52. The average Bonchev–Trinajstić information content (AvgIpc) is 1.69. The van der Waals surface area contributed by atoms with Crippen LogP contribution in [-0.4, -0.2) is 0 Å². The molecule has 7 heavy (non-hydrogen) atoms. The molecule has 0 rings (SSSR count). The van der Waals surface area contributed by atoms with Gasteiger partial charge in [-0.2, -0.15) is 0 Å². The van der Waals surface area contributed by atoms with Gasteiger partial charge in [-0.25, -0.2) is 0 Å². The molecule has 0 bridgehead atoms. The molecule has 0 radical (unpaired) electrons. The zero-order valence-corrected chi connectivity index (χ0v) is 5.11. The van der Waals surface area contributed by atoms with Crippen molar-refractivity contribution in [3.8, 4) is 0 Å². The Labute approximate surface area is 48.3 Å². The summed E-state index contributed by atoms with van der Waals surface area (Å²) in [4.78, 5) is 0. The van der Waals surface area contributed by atoms with Crippen molar-refractivity contribution in [2.24, 2.45) is 5.73 Å². The summed E-state index contributed by atoms with van der Waals surface area (Å²) in [6, 6.07) is 0.